The predicted octanol–water partition coefficient (Wildman–Crippen LogP) is 6.62. The molecule has 0 aliphatic carbocycles. The van der Waals surface area contributed by atoms with Gasteiger partial charge in [0.25, 0.3) is 0 Å². The van der Waals surface area contributed by atoms with Gasteiger partial charge in [0.2, 0.25) is 5.91 Å². The highest BCUT2D eigenvalue weighted by Gasteiger charge is 2.30. The molecule has 34 heavy (non-hydrogen) atoms. The van der Waals surface area contributed by atoms with E-state index in [2.05, 4.69) is 22.8 Å². The molecule has 5 aromatic rings. The number of carbonyl (C=O) groups is 1. The molecular weight excluding hydrogens is 437 g/mol. The molecule has 0 unspecified atom stereocenters. The van der Waals surface area contributed by atoms with Gasteiger partial charge in [-0.25, -0.2) is 0 Å². The summed E-state index contributed by atoms with van der Waals surface area (Å²) in [5.41, 5.74) is 9.66. The first-order chi connectivity index (χ1) is 16.3. The number of alkyl halides is 3. The lowest BCUT2D eigenvalue weighted by Gasteiger charge is -2.10. The van der Waals surface area contributed by atoms with E-state index >= 15 is 0 Å². The van der Waals surface area contributed by atoms with Gasteiger partial charge in [-0.15, -0.1) is 0 Å². The van der Waals surface area contributed by atoms with Gasteiger partial charge < -0.3 is 10.3 Å². The van der Waals surface area contributed by atoms with Crippen LogP contribution >= 0.6 is 0 Å². The topological polar surface area (TPSA) is 48.0 Å². The van der Waals surface area contributed by atoms with Gasteiger partial charge in [0.05, 0.1) is 11.1 Å². The van der Waals surface area contributed by atoms with Crippen molar-refractivity contribution >= 4 is 27.7 Å². The molecule has 1 aromatic heterocycles. The van der Waals surface area contributed by atoms with Gasteiger partial charge in [0, 0.05) is 28.4 Å². The second-order valence-corrected chi connectivity index (χ2v) is 8.17. The number of nitrogens with two attached hydrogens (primary N) is 1. The Balaban J connectivity index is 1.67. The number of amides is 1. The number of hydrogen-bond acceptors (Lipinski definition) is 1. The summed E-state index contributed by atoms with van der Waals surface area (Å²) in [6.45, 7) is 0.649. The minimum atomic E-state index is -4.39. The fraction of sp³-hybridized carbons (Fsp3) is 0.107. The van der Waals surface area contributed by atoms with Gasteiger partial charge in [0.1, 0.15) is 0 Å². The van der Waals surface area contributed by atoms with Crippen LogP contribution < -0.4 is 5.73 Å². The summed E-state index contributed by atoms with van der Waals surface area (Å²) in [4.78, 5) is 12.2. The maximum Gasteiger partial charge on any atom is 0.416 e. The highest BCUT2D eigenvalue weighted by Crippen LogP contribution is 2.35. The van der Waals surface area contributed by atoms with Crippen LogP contribution in [0.4, 0.5) is 13.2 Å². The van der Waals surface area contributed by atoms with Crippen molar-refractivity contribution in [2.24, 2.45) is 5.73 Å². The van der Waals surface area contributed by atoms with E-state index in [4.69, 9.17) is 5.73 Å². The summed E-state index contributed by atoms with van der Waals surface area (Å²) in [7, 11) is 0. The maximum absolute atomic E-state index is 13.0. The molecule has 169 valence electrons. The highest BCUT2D eigenvalue weighted by molar-refractivity contribution is 6.18. The van der Waals surface area contributed by atoms with Gasteiger partial charge >= 0.3 is 6.18 Å². The number of aryl methyl sites for hydroxylation is 2. The lowest BCUT2D eigenvalue weighted by molar-refractivity contribution is -0.137. The predicted molar refractivity (Wildman–Crippen MR) is 127 cm³/mol. The van der Waals surface area contributed by atoms with Crippen LogP contribution in [0.25, 0.3) is 32.9 Å². The van der Waals surface area contributed by atoms with Gasteiger partial charge in [-0.3, -0.25) is 4.79 Å². The van der Waals surface area contributed by atoms with Crippen LogP contribution in [0.15, 0.2) is 84.9 Å². The largest absolute Gasteiger partial charge is 0.416 e. The number of fused-ring (bicyclic) bond motifs is 3. The quantitative estimate of drug-likeness (QED) is 0.317. The highest BCUT2D eigenvalue weighted by atomic mass is 19.4. The van der Waals surface area contributed by atoms with Crippen molar-refractivity contribution in [2.45, 2.75) is 19.1 Å². The first-order valence-electron chi connectivity index (χ1n) is 10.8. The molecule has 4 aromatic carbocycles. The van der Waals surface area contributed by atoms with Gasteiger partial charge in [-0.1, -0.05) is 48.5 Å². The molecular formula is C28H20F3N2O. The van der Waals surface area contributed by atoms with Crippen LogP contribution in [-0.2, 0) is 19.1 Å². The van der Waals surface area contributed by atoms with E-state index in [1.54, 1.807) is 18.2 Å². The molecule has 0 saturated heterocycles. The van der Waals surface area contributed by atoms with Crippen molar-refractivity contribution in [3.8, 4) is 11.1 Å². The normalized spacial score (nSPS) is 11.9. The maximum atomic E-state index is 13.0. The van der Waals surface area contributed by atoms with Crippen molar-refractivity contribution in [3.63, 3.8) is 0 Å². The SMILES string of the molecule is NC(=O)c1cccc2c1c1[c]cc(-c3ccc(C(F)(F)F)cc3)cc1n2CCc1ccccc1. The molecule has 3 nitrogen and oxygen atoms in total. The van der Waals surface area contributed by atoms with Crippen LogP contribution in [0.1, 0.15) is 21.5 Å². The van der Waals surface area contributed by atoms with Crippen LogP contribution in [0.3, 0.4) is 0 Å². The third kappa shape index (κ3) is 3.92. The molecule has 2 N–H and O–H groups in total. The number of hydrogen-bond donors (Lipinski definition) is 1. The monoisotopic (exact) mass is 457 g/mol. The van der Waals surface area contributed by atoms with E-state index in [1.807, 2.05) is 30.3 Å². The van der Waals surface area contributed by atoms with E-state index in [1.165, 1.54) is 17.7 Å². The number of nitrogens with zero attached hydrogens (tertiary/aromatic N) is 1. The molecule has 0 atom stereocenters. The summed E-state index contributed by atoms with van der Waals surface area (Å²) in [5, 5.41) is 1.49. The summed E-state index contributed by atoms with van der Waals surface area (Å²) in [6, 6.07) is 27.5. The van der Waals surface area contributed by atoms with Crippen LogP contribution in [-0.4, -0.2) is 10.5 Å². The van der Waals surface area contributed by atoms with Crippen LogP contribution in [0.2, 0.25) is 0 Å². The zero-order chi connectivity index (χ0) is 23.9. The van der Waals surface area contributed by atoms with E-state index in [9.17, 15) is 18.0 Å². The molecule has 0 fully saturated rings. The molecule has 1 radical (unpaired) electrons. The van der Waals surface area contributed by atoms with E-state index in [-0.39, 0.29) is 0 Å². The molecule has 0 saturated carbocycles. The first kappa shape index (κ1) is 21.8. The average molecular weight is 457 g/mol. The van der Waals surface area contributed by atoms with Crippen molar-refractivity contribution in [3.05, 3.63) is 108 Å². The summed E-state index contributed by atoms with van der Waals surface area (Å²) in [6.07, 6.45) is -3.62. The molecule has 0 aliphatic rings. The first-order valence-corrected chi connectivity index (χ1v) is 10.8. The lowest BCUT2D eigenvalue weighted by Crippen LogP contribution is -2.11. The second-order valence-electron chi connectivity index (χ2n) is 8.17. The Kier molecular flexibility index (Phi) is 5.36. The zero-order valence-corrected chi connectivity index (χ0v) is 18.1. The number of aromatic nitrogens is 1. The number of carbonyl (C=O) groups excluding carboxylic acids is 1. The van der Waals surface area contributed by atoms with Crippen LogP contribution in [0.5, 0.6) is 0 Å². The number of benzene rings is 4. The number of rotatable bonds is 5. The Morgan fingerprint density at radius 1 is 0.882 bits per heavy atom. The van der Waals surface area contributed by atoms with E-state index in [0.717, 1.165) is 45.9 Å². The Bertz CT molecular complexity index is 1500. The fourth-order valence-electron chi connectivity index (χ4n) is 4.41. The summed E-state index contributed by atoms with van der Waals surface area (Å²) < 4.78 is 41.1. The zero-order valence-electron chi connectivity index (χ0n) is 18.1. The van der Waals surface area contributed by atoms with E-state index < -0.39 is 17.6 Å². The average Bonchev–Trinajstić information content (AvgIpc) is 3.15. The molecule has 1 heterocycles. The Morgan fingerprint density at radius 2 is 1.62 bits per heavy atom. The smallest absolute Gasteiger partial charge is 0.366 e. The molecule has 0 aliphatic heterocycles. The Hall–Kier alpha value is -4.06. The second kappa shape index (κ2) is 8.37. The molecule has 5 rings (SSSR count). The molecule has 0 spiro atoms. The Labute approximate surface area is 194 Å². The third-order valence-corrected chi connectivity index (χ3v) is 6.07. The van der Waals surface area contributed by atoms with Crippen molar-refractivity contribution in [1.29, 1.82) is 0 Å². The van der Waals surface area contributed by atoms with E-state index in [0.29, 0.717) is 17.7 Å². The standard InChI is InChI=1S/C28H20F3N2O/c29-28(30,31)21-12-9-19(10-13-21)20-11-14-22-25(17-20)33(16-15-18-5-2-1-3-6-18)24-8-4-7-23(26(22)24)27(32)34/h1-13,17H,15-16H2,(H2,32,34). The minimum absolute atomic E-state index is 0.416. The van der Waals surface area contributed by atoms with Crippen molar-refractivity contribution in [1.82, 2.24) is 4.57 Å². The van der Waals surface area contributed by atoms with Gasteiger partial charge in [-0.05, 0) is 65.6 Å². The minimum Gasteiger partial charge on any atom is -0.366 e. The molecule has 1 amide bonds. The summed E-state index contributed by atoms with van der Waals surface area (Å²) >= 11 is 0. The van der Waals surface area contributed by atoms with Crippen molar-refractivity contribution < 1.29 is 18.0 Å². The number of primary amides is 1. The fourth-order valence-corrected chi connectivity index (χ4v) is 4.41. The van der Waals surface area contributed by atoms with Gasteiger partial charge in [0.15, 0.2) is 0 Å². The third-order valence-electron chi connectivity index (χ3n) is 6.07. The lowest BCUT2D eigenvalue weighted by atomic mass is 10.0. The summed E-state index contributed by atoms with van der Waals surface area (Å²) in [5.74, 6) is -0.520. The van der Waals surface area contributed by atoms with Crippen LogP contribution in [0, 0.1) is 6.07 Å². The van der Waals surface area contributed by atoms with Gasteiger partial charge in [-0.2, -0.15) is 13.2 Å². The number of halogens is 3. The Morgan fingerprint density at radius 3 is 2.29 bits per heavy atom. The molecule has 0 bridgehead atoms. The molecule has 6 heteroatoms. The van der Waals surface area contributed by atoms with Crippen molar-refractivity contribution in [2.75, 3.05) is 0 Å².